The monoisotopic (exact) mass is 224 g/mol. The zero-order valence-electron chi connectivity index (χ0n) is 9.07. The maximum atomic E-state index is 11.4. The molecule has 0 unspecified atom stereocenters. The van der Waals surface area contributed by atoms with Gasteiger partial charge in [0.2, 0.25) is 0 Å². The molecule has 0 atom stereocenters. The fourth-order valence-electron chi connectivity index (χ4n) is 2.67. The van der Waals surface area contributed by atoms with E-state index >= 15 is 0 Å². The number of hydrogen-bond donors (Lipinski definition) is 1. The molecular weight excluding hydrogens is 216 g/mol. The third-order valence-corrected chi connectivity index (χ3v) is 3.39. The van der Waals surface area contributed by atoms with Crippen molar-refractivity contribution in [1.82, 2.24) is 0 Å². The summed E-state index contributed by atoms with van der Waals surface area (Å²) in [6.45, 7) is 1.48. The molecule has 3 nitrogen and oxygen atoms in total. The summed E-state index contributed by atoms with van der Waals surface area (Å²) in [6.07, 6.45) is 0. The first-order valence-electron chi connectivity index (χ1n) is 5.41. The molecule has 0 aliphatic rings. The van der Waals surface area contributed by atoms with Gasteiger partial charge in [-0.2, -0.15) is 0 Å². The van der Waals surface area contributed by atoms with Crippen molar-refractivity contribution in [3.8, 4) is 5.75 Å². The number of furan rings is 2. The molecule has 3 aromatic carbocycles. The van der Waals surface area contributed by atoms with Crippen LogP contribution in [0, 0.1) is 0 Å². The Kier molecular flexibility index (Phi) is 1.30. The number of rotatable bonds is 1. The molecule has 0 radical (unpaired) electrons. The van der Waals surface area contributed by atoms with E-state index in [0.717, 1.165) is 21.5 Å². The van der Waals surface area contributed by atoms with Crippen LogP contribution in [0.15, 0.2) is 28.7 Å². The van der Waals surface area contributed by atoms with Crippen LogP contribution in [-0.4, -0.2) is 10.9 Å². The minimum Gasteiger partial charge on any atom is -0.507 e. The molecule has 0 amide bonds. The summed E-state index contributed by atoms with van der Waals surface area (Å²) in [4.78, 5) is 11.4. The van der Waals surface area contributed by atoms with Crippen LogP contribution in [0.1, 0.15) is 17.5 Å². The maximum Gasteiger partial charge on any atom is 0.195 e. The van der Waals surface area contributed by atoms with Crippen molar-refractivity contribution in [1.29, 1.82) is 0 Å². The van der Waals surface area contributed by atoms with E-state index in [0.29, 0.717) is 16.7 Å². The SMILES string of the molecule is CC(=O)c1oc2c3c(O)c4ccccc4c2c13. The second-order valence-corrected chi connectivity index (χ2v) is 4.34. The van der Waals surface area contributed by atoms with Crippen LogP contribution in [0.3, 0.4) is 0 Å². The van der Waals surface area contributed by atoms with Gasteiger partial charge in [0.1, 0.15) is 11.3 Å². The van der Waals surface area contributed by atoms with Crippen molar-refractivity contribution in [2.45, 2.75) is 6.92 Å². The summed E-state index contributed by atoms with van der Waals surface area (Å²) >= 11 is 0. The van der Waals surface area contributed by atoms with Gasteiger partial charge in [-0.15, -0.1) is 0 Å². The lowest BCUT2D eigenvalue weighted by atomic mass is 9.91. The third kappa shape index (κ3) is 0.792. The number of carbonyl (C=O) groups excluding carboxylic acids is 1. The highest BCUT2D eigenvalue weighted by atomic mass is 16.4. The molecule has 5 rings (SSSR count). The maximum absolute atomic E-state index is 11.4. The highest BCUT2D eigenvalue weighted by Gasteiger charge is 2.30. The van der Waals surface area contributed by atoms with Gasteiger partial charge in [-0.05, 0) is 5.39 Å². The lowest BCUT2D eigenvalue weighted by Gasteiger charge is -2.11. The number of aromatic hydroxyl groups is 1. The Labute approximate surface area is 95.9 Å². The predicted molar refractivity (Wildman–Crippen MR) is 65.3 cm³/mol. The Bertz CT molecular complexity index is 869. The highest BCUT2D eigenvalue weighted by Crippen LogP contribution is 2.52. The Morgan fingerprint density at radius 1 is 1.12 bits per heavy atom. The van der Waals surface area contributed by atoms with Gasteiger partial charge in [0, 0.05) is 23.1 Å². The zero-order valence-corrected chi connectivity index (χ0v) is 9.07. The van der Waals surface area contributed by atoms with E-state index in [-0.39, 0.29) is 11.5 Å². The van der Waals surface area contributed by atoms with Crippen molar-refractivity contribution in [2.24, 2.45) is 0 Å². The Morgan fingerprint density at radius 2 is 1.82 bits per heavy atom. The van der Waals surface area contributed by atoms with Gasteiger partial charge in [-0.25, -0.2) is 0 Å². The summed E-state index contributed by atoms with van der Waals surface area (Å²) < 4.78 is 5.48. The number of Topliss-reactive ketones (excluding diaryl/α,β-unsaturated/α-hetero) is 1. The van der Waals surface area contributed by atoms with E-state index in [1.807, 2.05) is 24.3 Å². The minimum atomic E-state index is -0.102. The van der Waals surface area contributed by atoms with Crippen molar-refractivity contribution < 1.29 is 14.3 Å². The van der Waals surface area contributed by atoms with Crippen molar-refractivity contribution in [3.63, 3.8) is 0 Å². The van der Waals surface area contributed by atoms with Gasteiger partial charge in [-0.1, -0.05) is 24.3 Å². The predicted octanol–water partition coefficient (Wildman–Crippen LogP) is 3.52. The molecule has 2 aromatic heterocycles. The van der Waals surface area contributed by atoms with Gasteiger partial charge in [0.05, 0.1) is 5.39 Å². The molecule has 17 heavy (non-hydrogen) atoms. The van der Waals surface area contributed by atoms with Crippen molar-refractivity contribution >= 4 is 38.3 Å². The molecule has 0 fully saturated rings. The van der Waals surface area contributed by atoms with E-state index in [9.17, 15) is 9.90 Å². The number of hydrogen-bond acceptors (Lipinski definition) is 3. The minimum absolute atomic E-state index is 0.102. The molecule has 3 heteroatoms. The quantitative estimate of drug-likeness (QED) is 0.503. The summed E-state index contributed by atoms with van der Waals surface area (Å²) in [5.41, 5.74) is 0.654. The average Bonchev–Trinajstić information content (AvgIpc) is 2.87. The topological polar surface area (TPSA) is 50.4 Å². The molecule has 0 spiro atoms. The first-order valence-corrected chi connectivity index (χ1v) is 5.41. The van der Waals surface area contributed by atoms with Crippen LogP contribution >= 0.6 is 0 Å². The van der Waals surface area contributed by atoms with Gasteiger partial charge in [-0.3, -0.25) is 4.79 Å². The number of ketones is 1. The molecule has 82 valence electrons. The lowest BCUT2D eigenvalue weighted by Crippen LogP contribution is -1.90. The summed E-state index contributed by atoms with van der Waals surface area (Å²) in [5.74, 6) is 0.484. The Morgan fingerprint density at radius 3 is 2.47 bits per heavy atom. The fraction of sp³-hybridized carbons (Fsp3) is 0.0714. The molecule has 1 N–H and O–H groups in total. The van der Waals surface area contributed by atoms with Crippen molar-refractivity contribution in [3.05, 3.63) is 30.0 Å². The summed E-state index contributed by atoms with van der Waals surface area (Å²) in [7, 11) is 0. The standard InChI is InChI=1S/C14H8O3/c1-6(15)13-10-9-7-4-2-3-5-8(7)12(16)11(10)14(9)17-13/h2-5,16H,1H3. The van der Waals surface area contributed by atoms with Crippen LogP contribution < -0.4 is 0 Å². The summed E-state index contributed by atoms with van der Waals surface area (Å²) in [6, 6.07) is 7.60. The normalized spacial score (nSPS) is 12.3. The molecule has 5 aromatic rings. The van der Waals surface area contributed by atoms with E-state index in [2.05, 4.69) is 0 Å². The number of benzene rings is 3. The molecule has 0 aliphatic heterocycles. The first kappa shape index (κ1) is 8.82. The fourth-order valence-corrected chi connectivity index (χ4v) is 2.67. The van der Waals surface area contributed by atoms with Gasteiger partial charge in [0.15, 0.2) is 11.5 Å². The van der Waals surface area contributed by atoms with E-state index in [1.54, 1.807) is 0 Å². The largest absolute Gasteiger partial charge is 0.507 e. The van der Waals surface area contributed by atoms with E-state index < -0.39 is 0 Å². The van der Waals surface area contributed by atoms with E-state index in [4.69, 9.17) is 4.42 Å². The second-order valence-electron chi connectivity index (χ2n) is 4.34. The second kappa shape index (κ2) is 2.51. The molecule has 0 aliphatic carbocycles. The zero-order chi connectivity index (χ0) is 11.7. The number of carbonyl (C=O) groups is 1. The van der Waals surface area contributed by atoms with Gasteiger partial charge in [0.25, 0.3) is 0 Å². The van der Waals surface area contributed by atoms with E-state index in [1.165, 1.54) is 6.92 Å². The van der Waals surface area contributed by atoms with Gasteiger partial charge >= 0.3 is 0 Å². The Balaban J connectivity index is 2.32. The first-order chi connectivity index (χ1) is 8.20. The molecule has 4 bridgehead atoms. The van der Waals surface area contributed by atoms with Crippen LogP contribution in [0.4, 0.5) is 0 Å². The average molecular weight is 224 g/mol. The smallest absolute Gasteiger partial charge is 0.195 e. The third-order valence-electron chi connectivity index (χ3n) is 3.39. The Hall–Kier alpha value is -2.29. The molecule has 0 saturated heterocycles. The van der Waals surface area contributed by atoms with Crippen LogP contribution in [0.2, 0.25) is 0 Å². The van der Waals surface area contributed by atoms with Crippen molar-refractivity contribution in [2.75, 3.05) is 0 Å². The number of fused-ring (bicyclic) bond motifs is 2. The summed E-state index contributed by atoms with van der Waals surface area (Å²) in [5, 5.41) is 14.4. The number of phenols is 2. The van der Waals surface area contributed by atoms with Gasteiger partial charge < -0.3 is 9.52 Å². The van der Waals surface area contributed by atoms with Crippen LogP contribution in [0.25, 0.3) is 32.5 Å². The molecular formula is C14H8O3. The van der Waals surface area contributed by atoms with Crippen LogP contribution in [-0.2, 0) is 0 Å². The molecule has 0 saturated carbocycles. The van der Waals surface area contributed by atoms with Crippen LogP contribution in [0.5, 0.6) is 5.75 Å². The highest BCUT2D eigenvalue weighted by molar-refractivity contribution is 6.40. The number of phenolic OH excluding ortho intramolecular Hbond substituents is 1. The molecule has 2 heterocycles. The lowest BCUT2D eigenvalue weighted by molar-refractivity contribution is 0.0992.